The molecule has 4 rings (SSSR count). The van der Waals surface area contributed by atoms with Crippen LogP contribution in [0.3, 0.4) is 0 Å². The Kier molecular flexibility index (Phi) is 8.73. The van der Waals surface area contributed by atoms with Crippen LogP contribution in [0.25, 0.3) is 0 Å². The molecule has 4 nitrogen and oxygen atoms in total. The number of likely N-dealkylation sites (tertiary alicyclic amines) is 1. The fourth-order valence-corrected chi connectivity index (χ4v) is 5.00. The molecule has 0 bridgehead atoms. The number of carbonyl (C=O) groups is 1. The van der Waals surface area contributed by atoms with Crippen molar-refractivity contribution < 1.29 is 35.5 Å². The lowest BCUT2D eigenvalue weighted by molar-refractivity contribution is -0.190. The van der Waals surface area contributed by atoms with Crippen molar-refractivity contribution in [3.8, 4) is 0 Å². The van der Waals surface area contributed by atoms with Crippen molar-refractivity contribution in [1.29, 1.82) is 0 Å². The van der Waals surface area contributed by atoms with Crippen LogP contribution in [0.15, 0.2) is 18.2 Å². The Morgan fingerprint density at radius 1 is 1.03 bits per heavy atom. The molecule has 0 saturated carbocycles. The molecule has 3 aliphatic heterocycles. The fraction of sp³-hybridized carbons (Fsp3) is 0.708. The van der Waals surface area contributed by atoms with Crippen LogP contribution < -0.4 is 10.2 Å². The highest BCUT2D eigenvalue weighted by atomic mass is 19.4. The maximum Gasteiger partial charge on any atom is 0.450 e. The van der Waals surface area contributed by atoms with Crippen LogP contribution in [-0.2, 0) is 11.3 Å². The van der Waals surface area contributed by atoms with Gasteiger partial charge in [-0.05, 0) is 73.9 Å². The van der Waals surface area contributed by atoms with E-state index in [1.54, 1.807) is 12.1 Å². The third-order valence-electron chi connectivity index (χ3n) is 6.96. The van der Waals surface area contributed by atoms with Gasteiger partial charge in [-0.1, -0.05) is 6.92 Å². The zero-order valence-electron chi connectivity index (χ0n) is 19.7. The van der Waals surface area contributed by atoms with Crippen molar-refractivity contribution in [2.24, 2.45) is 11.3 Å². The SMILES string of the molecule is CC1CCN(c2cc(F)cc(CN3CC4(CCNCC4)C3)c2)CC1.O=C(CC(F)(F)F)C(F)(F)F. The van der Waals surface area contributed by atoms with Crippen molar-refractivity contribution in [3.63, 3.8) is 0 Å². The summed E-state index contributed by atoms with van der Waals surface area (Å²) in [6.45, 7) is 10.0. The lowest BCUT2D eigenvalue weighted by Gasteiger charge is -2.52. The van der Waals surface area contributed by atoms with E-state index in [9.17, 15) is 35.5 Å². The van der Waals surface area contributed by atoms with Crippen molar-refractivity contribution >= 4 is 11.5 Å². The molecule has 3 aliphatic rings. The molecule has 3 saturated heterocycles. The summed E-state index contributed by atoms with van der Waals surface area (Å²) in [5.74, 6) is -2.06. The molecule has 3 heterocycles. The molecule has 0 atom stereocenters. The Bertz CT molecular complexity index is 850. The van der Waals surface area contributed by atoms with Crippen LogP contribution in [0.2, 0.25) is 0 Å². The van der Waals surface area contributed by atoms with E-state index in [1.807, 2.05) is 0 Å². The highest BCUT2D eigenvalue weighted by Crippen LogP contribution is 2.39. The van der Waals surface area contributed by atoms with Gasteiger partial charge in [-0.15, -0.1) is 0 Å². The predicted octanol–water partition coefficient (Wildman–Crippen LogP) is 5.32. The van der Waals surface area contributed by atoms with Gasteiger partial charge in [0.2, 0.25) is 5.78 Å². The van der Waals surface area contributed by atoms with Crippen LogP contribution in [0, 0.1) is 17.2 Å². The van der Waals surface area contributed by atoms with Gasteiger partial charge in [0.25, 0.3) is 0 Å². The van der Waals surface area contributed by atoms with E-state index in [0.717, 1.165) is 49.9 Å². The standard InChI is InChI=1S/C20H30FN3.C4H2F6O/c1-16-2-8-24(9-3-16)19-11-17(10-18(21)12-19)13-23-14-20(15-23)4-6-22-7-5-20;5-3(6,7)1-2(11)4(8,9)10/h10-12,16,22H,2-9,13-15H2,1H3;1H2. The molecule has 0 amide bonds. The molecule has 1 spiro atoms. The van der Waals surface area contributed by atoms with Gasteiger partial charge in [0.1, 0.15) is 12.2 Å². The van der Waals surface area contributed by atoms with E-state index in [0.29, 0.717) is 5.41 Å². The molecule has 1 N–H and O–H groups in total. The summed E-state index contributed by atoms with van der Waals surface area (Å²) in [7, 11) is 0. The number of anilines is 1. The quantitative estimate of drug-likeness (QED) is 0.556. The number of ketones is 1. The molecule has 0 radical (unpaired) electrons. The highest BCUT2D eigenvalue weighted by molar-refractivity contribution is 5.84. The van der Waals surface area contributed by atoms with E-state index in [-0.39, 0.29) is 5.82 Å². The van der Waals surface area contributed by atoms with Gasteiger partial charge >= 0.3 is 12.4 Å². The number of rotatable bonds is 4. The molecule has 0 aliphatic carbocycles. The van der Waals surface area contributed by atoms with Gasteiger partial charge in [-0.25, -0.2) is 4.39 Å². The monoisotopic (exact) mass is 511 g/mol. The fourth-order valence-electron chi connectivity index (χ4n) is 5.00. The van der Waals surface area contributed by atoms with Gasteiger partial charge in [0, 0.05) is 38.4 Å². The second-order valence-electron chi connectivity index (χ2n) is 10.1. The van der Waals surface area contributed by atoms with Crippen LogP contribution in [0.4, 0.5) is 36.4 Å². The van der Waals surface area contributed by atoms with E-state index >= 15 is 0 Å². The maximum absolute atomic E-state index is 14.1. The number of halogens is 7. The van der Waals surface area contributed by atoms with Gasteiger partial charge in [0.05, 0.1) is 0 Å². The van der Waals surface area contributed by atoms with E-state index in [4.69, 9.17) is 0 Å². The normalized spacial score (nSPS) is 21.3. The van der Waals surface area contributed by atoms with Crippen molar-refractivity contribution in [1.82, 2.24) is 10.2 Å². The minimum absolute atomic E-state index is 0.0850. The third kappa shape index (κ3) is 8.34. The number of nitrogens with one attached hydrogen (secondary N) is 1. The average molecular weight is 512 g/mol. The minimum Gasteiger partial charge on any atom is -0.371 e. The van der Waals surface area contributed by atoms with Gasteiger partial charge in [-0.3, -0.25) is 9.69 Å². The Morgan fingerprint density at radius 2 is 1.63 bits per heavy atom. The molecular formula is C24H32F7N3O. The minimum atomic E-state index is -5.39. The molecule has 35 heavy (non-hydrogen) atoms. The van der Waals surface area contributed by atoms with Crippen molar-refractivity contribution in [2.75, 3.05) is 44.2 Å². The van der Waals surface area contributed by atoms with Crippen LogP contribution in [0.5, 0.6) is 0 Å². The molecular weight excluding hydrogens is 479 g/mol. The zero-order chi connectivity index (χ0) is 25.9. The lowest BCUT2D eigenvalue weighted by Crippen LogP contribution is -2.59. The lowest BCUT2D eigenvalue weighted by atomic mass is 9.72. The van der Waals surface area contributed by atoms with Crippen molar-refractivity contribution in [3.05, 3.63) is 29.6 Å². The smallest absolute Gasteiger partial charge is 0.371 e. The Hall–Kier alpha value is -1.88. The Balaban J connectivity index is 0.000000266. The number of benzene rings is 1. The van der Waals surface area contributed by atoms with E-state index < -0.39 is 24.6 Å². The summed E-state index contributed by atoms with van der Waals surface area (Å²) in [4.78, 5) is 14.5. The third-order valence-corrected chi connectivity index (χ3v) is 6.96. The average Bonchev–Trinajstić information content (AvgIpc) is 2.72. The molecule has 1 aromatic carbocycles. The first-order valence-corrected chi connectivity index (χ1v) is 11.9. The first kappa shape index (κ1) is 27.7. The largest absolute Gasteiger partial charge is 0.450 e. The molecule has 3 fully saturated rings. The number of carbonyl (C=O) groups excluding carboxylic acids is 1. The number of alkyl halides is 6. The predicted molar refractivity (Wildman–Crippen MR) is 119 cm³/mol. The summed E-state index contributed by atoms with van der Waals surface area (Å²) in [5.41, 5.74) is 2.76. The summed E-state index contributed by atoms with van der Waals surface area (Å²) >= 11 is 0. The molecule has 198 valence electrons. The van der Waals surface area contributed by atoms with Crippen molar-refractivity contribution in [2.45, 2.75) is 57.9 Å². The number of Topliss-reactive ketones (excluding diaryl/α,β-unsaturated/α-hetero) is 1. The van der Waals surface area contributed by atoms with Gasteiger partial charge < -0.3 is 10.2 Å². The van der Waals surface area contributed by atoms with Crippen LogP contribution in [-0.4, -0.2) is 62.3 Å². The molecule has 0 unspecified atom stereocenters. The zero-order valence-corrected chi connectivity index (χ0v) is 19.7. The Labute approximate surface area is 200 Å². The first-order chi connectivity index (χ1) is 16.2. The summed E-state index contributed by atoms with van der Waals surface area (Å²) in [5, 5.41) is 3.45. The first-order valence-electron chi connectivity index (χ1n) is 11.9. The number of piperidine rings is 2. The van der Waals surface area contributed by atoms with Crippen LogP contribution in [0.1, 0.15) is 44.6 Å². The number of hydrogen-bond donors (Lipinski definition) is 1. The number of hydrogen-bond acceptors (Lipinski definition) is 4. The molecule has 11 heteroatoms. The highest BCUT2D eigenvalue weighted by Gasteiger charge is 2.45. The second-order valence-corrected chi connectivity index (χ2v) is 10.1. The van der Waals surface area contributed by atoms with Gasteiger partial charge in [-0.2, -0.15) is 26.3 Å². The summed E-state index contributed by atoms with van der Waals surface area (Å²) in [6.07, 6.45) is -7.91. The van der Waals surface area contributed by atoms with Crippen LogP contribution >= 0.6 is 0 Å². The van der Waals surface area contributed by atoms with E-state index in [1.165, 1.54) is 38.8 Å². The van der Waals surface area contributed by atoms with Gasteiger partial charge in [0.15, 0.2) is 0 Å². The van der Waals surface area contributed by atoms with E-state index in [2.05, 4.69) is 28.1 Å². The summed E-state index contributed by atoms with van der Waals surface area (Å²) in [6, 6.07) is 5.65. The maximum atomic E-state index is 14.1. The Morgan fingerprint density at radius 3 is 2.14 bits per heavy atom. The second kappa shape index (κ2) is 11.0. The molecule has 1 aromatic rings. The number of nitrogens with zero attached hydrogens (tertiary/aromatic N) is 2. The molecule has 0 aromatic heterocycles. The summed E-state index contributed by atoms with van der Waals surface area (Å²) < 4.78 is 80.9. The topological polar surface area (TPSA) is 35.6 Å².